The fourth-order valence-corrected chi connectivity index (χ4v) is 7.73. The zero-order valence-electron chi connectivity index (χ0n) is 15.4. The van der Waals surface area contributed by atoms with Gasteiger partial charge in [-0.05, 0) is 74.5 Å². The van der Waals surface area contributed by atoms with Crippen LogP contribution in [0.1, 0.15) is 64.7 Å². The van der Waals surface area contributed by atoms with E-state index >= 15 is 0 Å². The molecule has 6 heteroatoms. The van der Waals surface area contributed by atoms with E-state index in [-0.39, 0.29) is 35.5 Å². The van der Waals surface area contributed by atoms with Crippen LogP contribution in [-0.4, -0.2) is 44.1 Å². The van der Waals surface area contributed by atoms with Gasteiger partial charge in [0.15, 0.2) is 0 Å². The smallest absolute Gasteiger partial charge is 0.312 e. The number of aliphatic hydroxyl groups excluding tert-OH is 1. The summed E-state index contributed by atoms with van der Waals surface area (Å²) < 4.78 is 0. The maximum absolute atomic E-state index is 12.5. The van der Waals surface area contributed by atoms with Crippen molar-refractivity contribution in [2.45, 2.75) is 76.4 Å². The predicted octanol–water partition coefficient (Wildman–Crippen LogP) is 2.27. The summed E-state index contributed by atoms with van der Waals surface area (Å²) in [6, 6.07) is 0. The summed E-state index contributed by atoms with van der Waals surface area (Å²) in [5.74, 6) is -1.76. The second-order valence-corrected chi connectivity index (χ2v) is 9.63. The van der Waals surface area contributed by atoms with Crippen LogP contribution in [0.3, 0.4) is 0 Å². The predicted molar refractivity (Wildman–Crippen MR) is 92.3 cm³/mol. The monoisotopic (exact) mass is 366 g/mol. The van der Waals surface area contributed by atoms with Gasteiger partial charge < -0.3 is 20.4 Å². The molecule has 4 N–H and O–H groups in total. The molecule has 0 bridgehead atoms. The fraction of sp³-hybridized carbons (Fsp3) is 0.900. The highest BCUT2D eigenvalue weighted by atomic mass is 16.4. The summed E-state index contributed by atoms with van der Waals surface area (Å²) in [4.78, 5) is 24.2. The Hall–Kier alpha value is -1.14. The van der Waals surface area contributed by atoms with Gasteiger partial charge in [0, 0.05) is 6.42 Å². The highest BCUT2D eigenvalue weighted by molar-refractivity contribution is 5.78. The van der Waals surface area contributed by atoms with Crippen molar-refractivity contribution >= 4 is 11.9 Å². The lowest BCUT2D eigenvalue weighted by Gasteiger charge is -2.62. The minimum atomic E-state index is -1.35. The number of hydrogen-bond acceptors (Lipinski definition) is 4. The first-order chi connectivity index (χ1) is 12.2. The first-order valence-electron chi connectivity index (χ1n) is 10.0. The number of fused-ring (bicyclic) bond motifs is 5. The van der Waals surface area contributed by atoms with E-state index in [1.54, 1.807) is 0 Å². The van der Waals surface area contributed by atoms with E-state index in [0.717, 1.165) is 12.8 Å². The molecule has 0 unspecified atom stereocenters. The maximum atomic E-state index is 12.5. The van der Waals surface area contributed by atoms with E-state index in [4.69, 9.17) is 0 Å². The Morgan fingerprint density at radius 3 is 2.31 bits per heavy atom. The van der Waals surface area contributed by atoms with Gasteiger partial charge >= 0.3 is 11.9 Å². The van der Waals surface area contributed by atoms with Gasteiger partial charge in [0.2, 0.25) is 0 Å². The molecule has 0 aliphatic heterocycles. The molecule has 4 saturated carbocycles. The second kappa shape index (κ2) is 5.68. The molecule has 26 heavy (non-hydrogen) atoms. The Morgan fingerprint density at radius 2 is 1.65 bits per heavy atom. The van der Waals surface area contributed by atoms with Crippen LogP contribution in [0.5, 0.6) is 0 Å². The molecule has 0 saturated heterocycles. The molecule has 4 aliphatic carbocycles. The first kappa shape index (κ1) is 18.2. The Balaban J connectivity index is 1.73. The van der Waals surface area contributed by atoms with E-state index in [9.17, 15) is 30.0 Å². The van der Waals surface area contributed by atoms with E-state index < -0.39 is 29.1 Å². The van der Waals surface area contributed by atoms with Crippen molar-refractivity contribution in [1.29, 1.82) is 0 Å². The van der Waals surface area contributed by atoms with E-state index in [0.29, 0.717) is 38.5 Å². The summed E-state index contributed by atoms with van der Waals surface area (Å²) >= 11 is 0. The Morgan fingerprint density at radius 1 is 0.923 bits per heavy atom. The van der Waals surface area contributed by atoms with Gasteiger partial charge in [0.25, 0.3) is 0 Å². The summed E-state index contributed by atoms with van der Waals surface area (Å²) in [5.41, 5.74) is -2.82. The Labute approximate surface area is 153 Å². The molecule has 0 aromatic rings. The van der Waals surface area contributed by atoms with E-state index in [2.05, 4.69) is 6.92 Å². The van der Waals surface area contributed by atoms with Gasteiger partial charge in [-0.25, -0.2) is 0 Å². The molecule has 0 radical (unpaired) electrons. The molecule has 0 spiro atoms. The molecule has 0 heterocycles. The normalized spacial score (nSPS) is 53.3. The lowest BCUT2D eigenvalue weighted by atomic mass is 9.42. The van der Waals surface area contributed by atoms with Crippen LogP contribution in [-0.2, 0) is 9.59 Å². The molecule has 6 nitrogen and oxygen atoms in total. The third-order valence-electron chi connectivity index (χ3n) is 8.92. The summed E-state index contributed by atoms with van der Waals surface area (Å²) in [7, 11) is 0. The molecule has 4 aliphatic rings. The van der Waals surface area contributed by atoms with Crippen LogP contribution in [0.15, 0.2) is 0 Å². The molecular formula is C20H30O6. The molecule has 0 amide bonds. The molecule has 146 valence electrons. The highest BCUT2D eigenvalue weighted by Crippen LogP contribution is 2.68. The summed E-state index contributed by atoms with van der Waals surface area (Å²) in [6.07, 6.45) is 4.23. The summed E-state index contributed by atoms with van der Waals surface area (Å²) in [5, 5.41) is 41.3. The van der Waals surface area contributed by atoms with Gasteiger partial charge in [-0.15, -0.1) is 0 Å². The lowest BCUT2D eigenvalue weighted by Crippen LogP contribution is -2.67. The number of hydrogen-bond donors (Lipinski definition) is 4. The number of carboxylic acid groups (broad SMARTS) is 2. The fourth-order valence-electron chi connectivity index (χ4n) is 7.73. The Kier molecular flexibility index (Phi) is 3.98. The number of carboxylic acids is 2. The van der Waals surface area contributed by atoms with Crippen molar-refractivity contribution in [1.82, 2.24) is 0 Å². The molecule has 8 atom stereocenters. The van der Waals surface area contributed by atoms with Gasteiger partial charge in [-0.3, -0.25) is 9.59 Å². The SMILES string of the molecule is C[C@]12CC[C@H]3[C@@H](CC[C@]4(O)C[C@@H](O)CC[C@]34C(=O)O)[C@@H]1CC[C@@H]2C(=O)O. The second-order valence-electron chi connectivity index (χ2n) is 9.63. The lowest BCUT2D eigenvalue weighted by molar-refractivity contribution is -0.235. The van der Waals surface area contributed by atoms with Crippen molar-refractivity contribution in [3.05, 3.63) is 0 Å². The van der Waals surface area contributed by atoms with Crippen molar-refractivity contribution in [2.75, 3.05) is 0 Å². The van der Waals surface area contributed by atoms with E-state index in [1.165, 1.54) is 0 Å². The topological polar surface area (TPSA) is 115 Å². The minimum absolute atomic E-state index is 0.128. The van der Waals surface area contributed by atoms with Gasteiger partial charge in [-0.1, -0.05) is 6.92 Å². The number of aliphatic carboxylic acids is 2. The Bertz CT molecular complexity index is 634. The van der Waals surface area contributed by atoms with E-state index in [1.807, 2.05) is 0 Å². The van der Waals surface area contributed by atoms with Crippen LogP contribution in [0.2, 0.25) is 0 Å². The minimum Gasteiger partial charge on any atom is -0.481 e. The quantitative estimate of drug-likeness (QED) is 0.596. The largest absolute Gasteiger partial charge is 0.481 e. The molecule has 0 aromatic carbocycles. The van der Waals surface area contributed by atoms with Crippen LogP contribution in [0.4, 0.5) is 0 Å². The molecule has 4 rings (SSSR count). The third kappa shape index (κ3) is 2.12. The average molecular weight is 366 g/mol. The van der Waals surface area contributed by atoms with Gasteiger partial charge in [0.1, 0.15) is 0 Å². The molecular weight excluding hydrogens is 336 g/mol. The standard InChI is InChI=1S/C20H30O6/c1-18-7-6-14-12(13(18)2-3-15(18)16(22)23)5-8-19(26)10-11(21)4-9-20(14,19)17(24)25/h11-15,21,26H,2-10H2,1H3,(H,22,23)(H,24,25)/t11-,12-,13-,14-,15+,18-,19-,20+/m0/s1. The highest BCUT2D eigenvalue weighted by Gasteiger charge is 2.69. The van der Waals surface area contributed by atoms with Crippen LogP contribution >= 0.6 is 0 Å². The van der Waals surface area contributed by atoms with Crippen LogP contribution < -0.4 is 0 Å². The van der Waals surface area contributed by atoms with Crippen molar-refractivity contribution < 1.29 is 30.0 Å². The first-order valence-corrected chi connectivity index (χ1v) is 10.0. The number of aliphatic hydroxyl groups is 2. The maximum Gasteiger partial charge on any atom is 0.312 e. The molecule has 4 fully saturated rings. The molecule has 0 aromatic heterocycles. The third-order valence-corrected chi connectivity index (χ3v) is 8.92. The van der Waals surface area contributed by atoms with Crippen molar-refractivity contribution in [2.24, 2.45) is 34.5 Å². The van der Waals surface area contributed by atoms with Gasteiger partial charge in [-0.2, -0.15) is 0 Å². The van der Waals surface area contributed by atoms with Crippen molar-refractivity contribution in [3.63, 3.8) is 0 Å². The van der Waals surface area contributed by atoms with Crippen molar-refractivity contribution in [3.8, 4) is 0 Å². The average Bonchev–Trinajstić information content (AvgIpc) is 2.91. The van der Waals surface area contributed by atoms with Crippen LogP contribution in [0, 0.1) is 34.5 Å². The van der Waals surface area contributed by atoms with Gasteiger partial charge in [0.05, 0.1) is 23.0 Å². The van der Waals surface area contributed by atoms with Crippen LogP contribution in [0.25, 0.3) is 0 Å². The zero-order chi connectivity index (χ0) is 18.9. The number of carbonyl (C=O) groups is 2. The summed E-state index contributed by atoms with van der Waals surface area (Å²) in [6.45, 7) is 2.08. The number of rotatable bonds is 2. The zero-order valence-corrected chi connectivity index (χ0v) is 15.4.